The second-order valence-electron chi connectivity index (χ2n) is 3.02. The molecule has 1 unspecified atom stereocenters. The number of hydrogen-bond donors (Lipinski definition) is 1. The number of rotatable bonds is 2. The highest BCUT2D eigenvalue weighted by atomic mass is 35.5. The van der Waals surface area contributed by atoms with Gasteiger partial charge in [0, 0.05) is 4.88 Å². The SMILES string of the molecule is NC(c1ccc(F)cn1)c1ccc(Cl)s1. The lowest BCUT2D eigenvalue weighted by Gasteiger charge is -2.07. The molecule has 0 amide bonds. The van der Waals surface area contributed by atoms with E-state index in [1.807, 2.05) is 6.07 Å². The summed E-state index contributed by atoms with van der Waals surface area (Å²) in [4.78, 5) is 4.84. The molecule has 0 aliphatic heterocycles. The van der Waals surface area contributed by atoms with Crippen LogP contribution in [0.2, 0.25) is 4.34 Å². The molecule has 0 radical (unpaired) electrons. The molecule has 0 saturated heterocycles. The molecule has 2 N–H and O–H groups in total. The molecule has 78 valence electrons. The maximum Gasteiger partial charge on any atom is 0.141 e. The predicted molar refractivity (Wildman–Crippen MR) is 59.6 cm³/mol. The van der Waals surface area contributed by atoms with Gasteiger partial charge in [0.05, 0.1) is 22.3 Å². The van der Waals surface area contributed by atoms with Gasteiger partial charge in [-0.25, -0.2) is 4.39 Å². The van der Waals surface area contributed by atoms with Crippen molar-refractivity contribution in [3.05, 3.63) is 51.2 Å². The molecule has 15 heavy (non-hydrogen) atoms. The van der Waals surface area contributed by atoms with Crippen molar-refractivity contribution < 1.29 is 4.39 Å². The minimum Gasteiger partial charge on any atom is -0.318 e. The van der Waals surface area contributed by atoms with E-state index in [0.717, 1.165) is 11.1 Å². The molecule has 2 rings (SSSR count). The molecule has 2 nitrogen and oxygen atoms in total. The Labute approximate surface area is 95.5 Å². The lowest BCUT2D eigenvalue weighted by atomic mass is 10.1. The van der Waals surface area contributed by atoms with E-state index in [1.165, 1.54) is 17.4 Å². The Morgan fingerprint density at radius 1 is 1.33 bits per heavy atom. The van der Waals surface area contributed by atoms with Crippen molar-refractivity contribution in [2.75, 3.05) is 0 Å². The Bertz CT molecular complexity index is 455. The second-order valence-corrected chi connectivity index (χ2v) is 4.77. The lowest BCUT2D eigenvalue weighted by molar-refractivity contribution is 0.617. The minimum absolute atomic E-state index is 0.344. The number of hydrogen-bond acceptors (Lipinski definition) is 3. The van der Waals surface area contributed by atoms with Gasteiger partial charge in [-0.2, -0.15) is 0 Å². The summed E-state index contributed by atoms with van der Waals surface area (Å²) in [5, 5.41) is 0. The van der Waals surface area contributed by atoms with Crippen LogP contribution in [0.3, 0.4) is 0 Å². The first-order chi connectivity index (χ1) is 7.16. The molecule has 0 bridgehead atoms. The number of aromatic nitrogens is 1. The van der Waals surface area contributed by atoms with E-state index in [2.05, 4.69) is 4.98 Å². The van der Waals surface area contributed by atoms with Crippen LogP contribution in [0.25, 0.3) is 0 Å². The van der Waals surface area contributed by atoms with E-state index in [-0.39, 0.29) is 11.9 Å². The van der Waals surface area contributed by atoms with E-state index in [9.17, 15) is 4.39 Å². The quantitative estimate of drug-likeness (QED) is 0.879. The molecule has 0 aliphatic carbocycles. The van der Waals surface area contributed by atoms with Crippen molar-refractivity contribution in [1.29, 1.82) is 0 Å². The van der Waals surface area contributed by atoms with Gasteiger partial charge in [0.15, 0.2) is 0 Å². The van der Waals surface area contributed by atoms with E-state index < -0.39 is 0 Å². The first-order valence-corrected chi connectivity index (χ1v) is 5.48. The molecule has 0 aromatic carbocycles. The normalized spacial score (nSPS) is 12.7. The first-order valence-electron chi connectivity index (χ1n) is 4.29. The molecule has 2 heterocycles. The highest BCUT2D eigenvalue weighted by Crippen LogP contribution is 2.28. The molecule has 5 heteroatoms. The molecule has 0 fully saturated rings. The standard InChI is InChI=1S/C10H8ClFN2S/c11-9-4-3-8(15-9)10(13)7-2-1-6(12)5-14-7/h1-5,10H,13H2. The zero-order valence-corrected chi connectivity index (χ0v) is 9.23. The molecular weight excluding hydrogens is 235 g/mol. The predicted octanol–water partition coefficient (Wildman–Crippen LogP) is 2.98. The summed E-state index contributed by atoms with van der Waals surface area (Å²) in [7, 11) is 0. The maximum atomic E-state index is 12.6. The van der Waals surface area contributed by atoms with Crippen LogP contribution in [-0.4, -0.2) is 4.98 Å². The van der Waals surface area contributed by atoms with Crippen LogP contribution in [0.1, 0.15) is 16.6 Å². The molecule has 2 aromatic rings. The summed E-state index contributed by atoms with van der Waals surface area (Å²) in [5.74, 6) is -0.366. The van der Waals surface area contributed by atoms with E-state index in [4.69, 9.17) is 17.3 Å². The third kappa shape index (κ3) is 2.34. The number of pyridine rings is 1. The van der Waals surface area contributed by atoms with Gasteiger partial charge in [0.25, 0.3) is 0 Å². The average molecular weight is 243 g/mol. The van der Waals surface area contributed by atoms with Crippen molar-refractivity contribution in [3.63, 3.8) is 0 Å². The molecular formula is C10H8ClFN2S. The van der Waals surface area contributed by atoms with E-state index in [1.54, 1.807) is 12.1 Å². The topological polar surface area (TPSA) is 38.9 Å². The largest absolute Gasteiger partial charge is 0.318 e. The summed E-state index contributed by atoms with van der Waals surface area (Å²) in [6.07, 6.45) is 1.16. The summed E-state index contributed by atoms with van der Waals surface area (Å²) in [5.41, 5.74) is 6.58. The first kappa shape index (κ1) is 10.5. The monoisotopic (exact) mass is 242 g/mol. The zero-order valence-electron chi connectivity index (χ0n) is 7.65. The molecule has 0 saturated carbocycles. The van der Waals surface area contributed by atoms with Crippen molar-refractivity contribution >= 4 is 22.9 Å². The Morgan fingerprint density at radius 2 is 2.13 bits per heavy atom. The van der Waals surface area contributed by atoms with Crippen molar-refractivity contribution in [3.8, 4) is 0 Å². The van der Waals surface area contributed by atoms with Gasteiger partial charge >= 0.3 is 0 Å². The van der Waals surface area contributed by atoms with Gasteiger partial charge in [-0.1, -0.05) is 11.6 Å². The van der Waals surface area contributed by atoms with E-state index in [0.29, 0.717) is 10.0 Å². The third-order valence-electron chi connectivity index (χ3n) is 1.97. The summed E-state index contributed by atoms with van der Waals surface area (Å²) in [6.45, 7) is 0. The molecule has 0 aliphatic rings. The summed E-state index contributed by atoms with van der Waals surface area (Å²) < 4.78 is 13.3. The van der Waals surface area contributed by atoms with E-state index >= 15 is 0 Å². The van der Waals surface area contributed by atoms with Crippen LogP contribution in [0.5, 0.6) is 0 Å². The van der Waals surface area contributed by atoms with Crippen LogP contribution in [0.15, 0.2) is 30.5 Å². The molecule has 0 spiro atoms. The van der Waals surface area contributed by atoms with Crippen LogP contribution in [-0.2, 0) is 0 Å². The highest BCUT2D eigenvalue weighted by Gasteiger charge is 2.12. The Morgan fingerprint density at radius 3 is 2.67 bits per heavy atom. The second kappa shape index (κ2) is 4.26. The van der Waals surface area contributed by atoms with Gasteiger partial charge in [0.2, 0.25) is 0 Å². The summed E-state index contributed by atoms with van der Waals surface area (Å²) >= 11 is 7.20. The fraction of sp³-hybridized carbons (Fsp3) is 0.100. The van der Waals surface area contributed by atoms with Crippen LogP contribution in [0, 0.1) is 5.82 Å². The van der Waals surface area contributed by atoms with Crippen LogP contribution in [0.4, 0.5) is 4.39 Å². The molecule has 1 atom stereocenters. The smallest absolute Gasteiger partial charge is 0.141 e. The molecule has 2 aromatic heterocycles. The van der Waals surface area contributed by atoms with Gasteiger partial charge in [-0.15, -0.1) is 11.3 Å². The maximum absolute atomic E-state index is 12.6. The van der Waals surface area contributed by atoms with Gasteiger partial charge in [-0.05, 0) is 24.3 Å². The lowest BCUT2D eigenvalue weighted by Crippen LogP contribution is -2.11. The average Bonchev–Trinajstić information content (AvgIpc) is 2.65. The minimum atomic E-state index is -0.366. The van der Waals surface area contributed by atoms with Gasteiger partial charge in [-0.3, -0.25) is 4.98 Å². The third-order valence-corrected chi connectivity index (χ3v) is 3.28. The zero-order chi connectivity index (χ0) is 10.8. The fourth-order valence-electron chi connectivity index (χ4n) is 1.21. The van der Waals surface area contributed by atoms with Gasteiger partial charge in [0.1, 0.15) is 5.82 Å². The van der Waals surface area contributed by atoms with Crippen LogP contribution >= 0.6 is 22.9 Å². The van der Waals surface area contributed by atoms with Crippen molar-refractivity contribution in [1.82, 2.24) is 4.98 Å². The fourth-order valence-corrected chi connectivity index (χ4v) is 2.29. The number of halogens is 2. The van der Waals surface area contributed by atoms with Crippen LogP contribution < -0.4 is 5.73 Å². The Balaban J connectivity index is 2.28. The number of thiophene rings is 1. The number of nitrogens with two attached hydrogens (primary N) is 1. The van der Waals surface area contributed by atoms with Crippen molar-refractivity contribution in [2.24, 2.45) is 5.73 Å². The Hall–Kier alpha value is -0.970. The number of nitrogens with zero attached hydrogens (tertiary/aromatic N) is 1. The van der Waals surface area contributed by atoms with Gasteiger partial charge < -0.3 is 5.73 Å². The highest BCUT2D eigenvalue weighted by molar-refractivity contribution is 7.16. The van der Waals surface area contributed by atoms with Crippen molar-refractivity contribution in [2.45, 2.75) is 6.04 Å². The summed E-state index contributed by atoms with van der Waals surface area (Å²) in [6, 6.07) is 6.21. The Kier molecular flexibility index (Phi) is 3.00.